The van der Waals surface area contributed by atoms with Gasteiger partial charge < -0.3 is 30.1 Å². The number of carboxylic acid groups (broad SMARTS) is 1. The summed E-state index contributed by atoms with van der Waals surface area (Å²) in [5, 5.41) is 39.4. The Balaban J connectivity index is 1.59. The zero-order chi connectivity index (χ0) is 18.7. The molecule has 0 spiro atoms. The van der Waals surface area contributed by atoms with Crippen LogP contribution in [0.3, 0.4) is 0 Å². The Labute approximate surface area is 155 Å². The number of aliphatic imine (C=N–C) groups is 1. The number of aliphatic hydroxyl groups is 3. The third kappa shape index (κ3) is 4.18. The normalized spacial score (nSPS) is 30.6. The SMILES string of the molecule is O=C(O)N(CCC1=N[C@@H]2[C@@H](O)[C@H](O)[C@@H](CO)O[C@@H]2S1)Cc1ccccc1. The van der Waals surface area contributed by atoms with Crippen molar-refractivity contribution in [1.82, 2.24) is 4.90 Å². The van der Waals surface area contributed by atoms with Crippen molar-refractivity contribution in [3.63, 3.8) is 0 Å². The summed E-state index contributed by atoms with van der Waals surface area (Å²) in [4.78, 5) is 17.2. The van der Waals surface area contributed by atoms with E-state index in [0.29, 0.717) is 11.5 Å². The number of hydrogen-bond acceptors (Lipinski definition) is 7. The van der Waals surface area contributed by atoms with Crippen LogP contribution in [-0.4, -0.2) is 79.4 Å². The molecule has 2 heterocycles. The Morgan fingerprint density at radius 3 is 2.62 bits per heavy atom. The third-order valence-electron chi connectivity index (χ3n) is 4.48. The van der Waals surface area contributed by atoms with Crippen LogP contribution in [0.15, 0.2) is 35.3 Å². The van der Waals surface area contributed by atoms with Gasteiger partial charge >= 0.3 is 6.09 Å². The summed E-state index contributed by atoms with van der Waals surface area (Å²) in [6.45, 7) is 0.157. The smallest absolute Gasteiger partial charge is 0.407 e. The van der Waals surface area contributed by atoms with E-state index in [0.717, 1.165) is 5.56 Å². The second-order valence-electron chi connectivity index (χ2n) is 6.28. The molecule has 0 aliphatic carbocycles. The largest absolute Gasteiger partial charge is 0.465 e. The standard InChI is InChI=1S/C17H22N2O6S/c20-9-11-14(21)15(22)13-16(25-11)26-12(18-13)6-7-19(17(23)24)8-10-4-2-1-3-5-10/h1-5,11,13-16,20-22H,6-9H2,(H,23,24)/t11-,13-,14-,15-,16-/m1/s1. The number of ether oxygens (including phenoxy) is 1. The van der Waals surface area contributed by atoms with Gasteiger partial charge in [0.1, 0.15) is 29.8 Å². The highest BCUT2D eigenvalue weighted by atomic mass is 32.2. The van der Waals surface area contributed by atoms with Crippen LogP contribution in [0.4, 0.5) is 4.79 Å². The van der Waals surface area contributed by atoms with E-state index in [4.69, 9.17) is 4.74 Å². The highest BCUT2D eigenvalue weighted by Gasteiger charge is 2.47. The summed E-state index contributed by atoms with van der Waals surface area (Å²) in [5.41, 5.74) is 0.421. The van der Waals surface area contributed by atoms with Crippen molar-refractivity contribution in [2.75, 3.05) is 13.2 Å². The van der Waals surface area contributed by atoms with Gasteiger partial charge in [-0.25, -0.2) is 4.79 Å². The Bertz CT molecular complexity index is 658. The van der Waals surface area contributed by atoms with Crippen LogP contribution in [0, 0.1) is 0 Å². The van der Waals surface area contributed by atoms with Gasteiger partial charge in [-0.05, 0) is 5.56 Å². The second kappa shape index (κ2) is 8.36. The van der Waals surface area contributed by atoms with Crippen molar-refractivity contribution in [1.29, 1.82) is 0 Å². The Morgan fingerprint density at radius 1 is 1.23 bits per heavy atom. The summed E-state index contributed by atoms with van der Waals surface area (Å²) in [7, 11) is 0. The third-order valence-corrected chi connectivity index (χ3v) is 5.68. The lowest BCUT2D eigenvalue weighted by molar-refractivity contribution is -0.164. The van der Waals surface area contributed by atoms with Gasteiger partial charge in [0.05, 0.1) is 11.7 Å². The molecule has 8 nitrogen and oxygen atoms in total. The number of thioether (sulfide) groups is 1. The number of hydrogen-bond donors (Lipinski definition) is 4. The van der Waals surface area contributed by atoms with Crippen molar-refractivity contribution < 1.29 is 30.0 Å². The maximum absolute atomic E-state index is 11.5. The van der Waals surface area contributed by atoms with Gasteiger partial charge in [0, 0.05) is 19.5 Å². The maximum atomic E-state index is 11.5. The van der Waals surface area contributed by atoms with E-state index < -0.39 is 35.9 Å². The van der Waals surface area contributed by atoms with Crippen molar-refractivity contribution in [2.45, 2.75) is 42.8 Å². The molecule has 9 heteroatoms. The molecule has 26 heavy (non-hydrogen) atoms. The summed E-state index contributed by atoms with van der Waals surface area (Å²) in [6.07, 6.45) is -3.77. The molecule has 142 valence electrons. The molecule has 0 saturated carbocycles. The van der Waals surface area contributed by atoms with Gasteiger partial charge in [0.15, 0.2) is 0 Å². The highest BCUT2D eigenvalue weighted by molar-refractivity contribution is 8.14. The highest BCUT2D eigenvalue weighted by Crippen LogP contribution is 2.37. The molecule has 1 aromatic rings. The van der Waals surface area contributed by atoms with Crippen LogP contribution >= 0.6 is 11.8 Å². The molecule has 2 aliphatic rings. The van der Waals surface area contributed by atoms with Crippen LogP contribution in [-0.2, 0) is 11.3 Å². The fourth-order valence-electron chi connectivity index (χ4n) is 3.03. The number of benzene rings is 1. The predicted molar refractivity (Wildman–Crippen MR) is 96.1 cm³/mol. The fraction of sp³-hybridized carbons (Fsp3) is 0.529. The monoisotopic (exact) mass is 382 g/mol. The topological polar surface area (TPSA) is 123 Å². The van der Waals surface area contributed by atoms with E-state index in [-0.39, 0.29) is 19.7 Å². The summed E-state index contributed by atoms with van der Waals surface area (Å²) in [5.74, 6) is 0. The van der Waals surface area contributed by atoms with Gasteiger partial charge in [-0.15, -0.1) is 0 Å². The minimum absolute atomic E-state index is 0.261. The lowest BCUT2D eigenvalue weighted by atomic mass is 9.99. The number of carbonyl (C=O) groups is 1. The van der Waals surface area contributed by atoms with Gasteiger partial charge in [-0.3, -0.25) is 4.99 Å². The molecule has 0 aromatic heterocycles. The molecule has 0 unspecified atom stereocenters. The zero-order valence-corrected chi connectivity index (χ0v) is 14.8. The van der Waals surface area contributed by atoms with E-state index in [1.165, 1.54) is 16.7 Å². The van der Waals surface area contributed by atoms with Crippen molar-refractivity contribution in [2.24, 2.45) is 4.99 Å². The average molecular weight is 382 g/mol. The first kappa shape index (κ1) is 19.1. The molecule has 2 aliphatic heterocycles. The molecule has 5 atom stereocenters. The molecular weight excluding hydrogens is 360 g/mol. The summed E-state index contributed by atoms with van der Waals surface area (Å²) < 4.78 is 5.58. The number of nitrogens with zero attached hydrogens (tertiary/aromatic N) is 2. The average Bonchev–Trinajstić information content (AvgIpc) is 3.05. The number of amides is 1. The van der Waals surface area contributed by atoms with Crippen LogP contribution in [0.5, 0.6) is 0 Å². The zero-order valence-electron chi connectivity index (χ0n) is 14.0. The molecule has 3 rings (SSSR count). The molecule has 0 radical (unpaired) electrons. The first-order valence-electron chi connectivity index (χ1n) is 8.37. The molecule has 1 aromatic carbocycles. The van der Waals surface area contributed by atoms with E-state index in [9.17, 15) is 25.2 Å². The minimum atomic E-state index is -1.20. The quantitative estimate of drug-likeness (QED) is 0.565. The van der Waals surface area contributed by atoms with Gasteiger partial charge in [0.25, 0.3) is 0 Å². The Hall–Kier alpha value is -1.65. The van der Waals surface area contributed by atoms with E-state index in [1.807, 2.05) is 30.3 Å². The first-order chi connectivity index (χ1) is 12.5. The predicted octanol–water partition coefficient (Wildman–Crippen LogP) is 0.510. The lowest BCUT2D eigenvalue weighted by Gasteiger charge is -2.37. The number of rotatable bonds is 6. The van der Waals surface area contributed by atoms with Gasteiger partial charge in [-0.2, -0.15) is 0 Å². The summed E-state index contributed by atoms with van der Waals surface area (Å²) in [6, 6.07) is 8.72. The van der Waals surface area contributed by atoms with E-state index in [2.05, 4.69) is 4.99 Å². The maximum Gasteiger partial charge on any atom is 0.407 e. The van der Waals surface area contributed by atoms with Crippen molar-refractivity contribution in [3.8, 4) is 0 Å². The van der Waals surface area contributed by atoms with Crippen LogP contribution in [0.1, 0.15) is 12.0 Å². The van der Waals surface area contributed by atoms with Crippen molar-refractivity contribution in [3.05, 3.63) is 35.9 Å². The van der Waals surface area contributed by atoms with Gasteiger partial charge in [-0.1, -0.05) is 42.1 Å². The molecular formula is C17H22N2O6S. The summed E-state index contributed by atoms with van der Waals surface area (Å²) >= 11 is 1.31. The minimum Gasteiger partial charge on any atom is -0.465 e. The van der Waals surface area contributed by atoms with Crippen LogP contribution in [0.2, 0.25) is 0 Å². The van der Waals surface area contributed by atoms with E-state index >= 15 is 0 Å². The van der Waals surface area contributed by atoms with Gasteiger partial charge in [0.2, 0.25) is 0 Å². The molecule has 1 fully saturated rings. The number of fused-ring (bicyclic) bond motifs is 1. The lowest BCUT2D eigenvalue weighted by Crippen LogP contribution is -2.55. The molecule has 1 amide bonds. The molecule has 1 saturated heterocycles. The Kier molecular flexibility index (Phi) is 6.15. The van der Waals surface area contributed by atoms with Crippen molar-refractivity contribution >= 4 is 22.9 Å². The Morgan fingerprint density at radius 2 is 1.96 bits per heavy atom. The van der Waals surface area contributed by atoms with Crippen LogP contribution in [0.25, 0.3) is 0 Å². The second-order valence-corrected chi connectivity index (χ2v) is 7.45. The number of aliphatic hydroxyl groups excluding tert-OH is 3. The first-order valence-corrected chi connectivity index (χ1v) is 9.25. The van der Waals surface area contributed by atoms with E-state index in [1.54, 1.807) is 0 Å². The van der Waals surface area contributed by atoms with Crippen LogP contribution < -0.4 is 0 Å². The molecule has 4 N–H and O–H groups in total. The molecule has 0 bridgehead atoms. The fourth-order valence-corrected chi connectivity index (χ4v) is 4.25.